The third-order valence-corrected chi connectivity index (χ3v) is 4.78. The Hall–Kier alpha value is -1.96. The zero-order valence-corrected chi connectivity index (χ0v) is 14.6. The molecule has 1 saturated carbocycles. The summed E-state index contributed by atoms with van der Waals surface area (Å²) in [5.74, 6) is -2.42. The van der Waals surface area contributed by atoms with Crippen molar-refractivity contribution in [3.63, 3.8) is 0 Å². The molecule has 0 unspecified atom stereocenters. The molecule has 8 heteroatoms. The van der Waals surface area contributed by atoms with Gasteiger partial charge >= 0.3 is 11.9 Å². The Morgan fingerprint density at radius 3 is 2.76 bits per heavy atom. The van der Waals surface area contributed by atoms with Crippen LogP contribution in [0.4, 0.5) is 0 Å². The number of carboxylic acids is 1. The van der Waals surface area contributed by atoms with Crippen molar-refractivity contribution in [2.24, 2.45) is 5.73 Å². The first-order valence-corrected chi connectivity index (χ1v) is 8.35. The Kier molecular flexibility index (Phi) is 6.16. The van der Waals surface area contributed by atoms with E-state index in [1.165, 1.54) is 0 Å². The van der Waals surface area contributed by atoms with E-state index in [1.54, 1.807) is 31.3 Å². The molecule has 1 aromatic carbocycles. The number of likely N-dealkylation sites (N-methyl/N-ethyl adjacent to an activating group) is 1. The fraction of sp³-hybridized carbons (Fsp3) is 0.471. The number of carbonyl (C=O) groups is 3. The maximum absolute atomic E-state index is 13.1. The van der Waals surface area contributed by atoms with Gasteiger partial charge in [0.15, 0.2) is 11.9 Å². The molecule has 7 nitrogen and oxygen atoms in total. The number of Topliss-reactive ketones (excluding diaryl/α,β-unsaturated/α-hetero) is 1. The molecule has 1 aliphatic rings. The number of halogens is 1. The van der Waals surface area contributed by atoms with E-state index in [-0.39, 0.29) is 5.78 Å². The third-order valence-electron chi connectivity index (χ3n) is 4.45. The quantitative estimate of drug-likeness (QED) is 0.646. The summed E-state index contributed by atoms with van der Waals surface area (Å²) in [5.41, 5.74) is 5.08. The van der Waals surface area contributed by atoms with Gasteiger partial charge in [-0.25, -0.2) is 0 Å². The van der Waals surface area contributed by atoms with E-state index >= 15 is 0 Å². The molecule has 0 bridgehead atoms. The van der Waals surface area contributed by atoms with Crippen molar-refractivity contribution in [1.82, 2.24) is 5.32 Å². The predicted octanol–water partition coefficient (Wildman–Crippen LogP) is 1.22. The summed E-state index contributed by atoms with van der Waals surface area (Å²) < 4.78 is 5.22. The molecule has 1 aromatic rings. The molecule has 2 rings (SSSR count). The average molecular weight is 369 g/mol. The van der Waals surface area contributed by atoms with E-state index in [2.05, 4.69) is 5.32 Å². The summed E-state index contributed by atoms with van der Waals surface area (Å²) in [5, 5.41) is 12.2. The van der Waals surface area contributed by atoms with Gasteiger partial charge in [0, 0.05) is 5.02 Å². The number of nitrogens with two attached hydrogens (primary N) is 1. The number of nitrogens with one attached hydrogen (secondary N) is 1. The number of aliphatic carboxylic acids is 1. The molecule has 0 radical (unpaired) electrons. The summed E-state index contributed by atoms with van der Waals surface area (Å²) in [6, 6.07) is 5.70. The standard InChI is InChI=1S/C17H21ClN2O5/c1-20-17(10-5-2-3-6-11(10)18)8-4-7-13(15(17)23)25-16(24)12(19)9-14(21)22/h2-3,5-6,12-13,20H,4,7-9,19H2,1H3,(H,21,22)/t12-,13-,17-/m0/s1. The molecular formula is C17H21ClN2O5. The summed E-state index contributed by atoms with van der Waals surface area (Å²) in [6.07, 6.45) is -0.0462. The number of rotatable bonds is 6. The predicted molar refractivity (Wildman–Crippen MR) is 91.2 cm³/mol. The van der Waals surface area contributed by atoms with E-state index < -0.39 is 36.0 Å². The minimum absolute atomic E-state index is 0.315. The fourth-order valence-corrected chi connectivity index (χ4v) is 3.45. The average Bonchev–Trinajstić information content (AvgIpc) is 2.57. The maximum Gasteiger partial charge on any atom is 0.324 e. The van der Waals surface area contributed by atoms with E-state index in [4.69, 9.17) is 27.2 Å². The van der Waals surface area contributed by atoms with Crippen LogP contribution in [-0.4, -0.2) is 42.0 Å². The Morgan fingerprint density at radius 1 is 1.48 bits per heavy atom. The molecule has 136 valence electrons. The van der Waals surface area contributed by atoms with E-state index in [0.717, 1.165) is 0 Å². The number of ketones is 1. The van der Waals surface area contributed by atoms with Crippen molar-refractivity contribution < 1.29 is 24.2 Å². The monoisotopic (exact) mass is 368 g/mol. The normalized spacial score (nSPS) is 24.6. The summed E-state index contributed by atoms with van der Waals surface area (Å²) in [6.45, 7) is 0. The van der Waals surface area contributed by atoms with Gasteiger partial charge in [-0.2, -0.15) is 0 Å². The molecular weight excluding hydrogens is 348 g/mol. The van der Waals surface area contributed by atoms with Crippen molar-refractivity contribution in [3.8, 4) is 0 Å². The lowest BCUT2D eigenvalue weighted by Gasteiger charge is -2.39. The summed E-state index contributed by atoms with van der Waals surface area (Å²) in [7, 11) is 1.65. The molecule has 0 aromatic heterocycles. The molecule has 0 amide bonds. The van der Waals surface area contributed by atoms with Crippen LogP contribution in [0.25, 0.3) is 0 Å². The van der Waals surface area contributed by atoms with Crippen LogP contribution in [0.5, 0.6) is 0 Å². The second-order valence-electron chi connectivity index (χ2n) is 6.02. The van der Waals surface area contributed by atoms with Gasteiger partial charge in [0.1, 0.15) is 11.6 Å². The molecule has 3 atom stereocenters. The number of carbonyl (C=O) groups excluding carboxylic acids is 2. The van der Waals surface area contributed by atoms with Crippen LogP contribution >= 0.6 is 11.6 Å². The first-order valence-electron chi connectivity index (χ1n) is 7.98. The van der Waals surface area contributed by atoms with Crippen molar-refractivity contribution in [2.75, 3.05) is 7.05 Å². The number of hydrogen-bond acceptors (Lipinski definition) is 6. The molecule has 0 aliphatic heterocycles. The highest BCUT2D eigenvalue weighted by molar-refractivity contribution is 6.31. The second-order valence-corrected chi connectivity index (χ2v) is 6.43. The minimum Gasteiger partial charge on any atom is -0.481 e. The van der Waals surface area contributed by atoms with E-state index in [9.17, 15) is 14.4 Å². The van der Waals surface area contributed by atoms with E-state index in [0.29, 0.717) is 29.8 Å². The first-order chi connectivity index (χ1) is 11.8. The number of hydrogen-bond donors (Lipinski definition) is 3. The fourth-order valence-electron chi connectivity index (χ4n) is 3.15. The Labute approximate surface area is 150 Å². The van der Waals surface area contributed by atoms with Crippen LogP contribution < -0.4 is 11.1 Å². The van der Waals surface area contributed by atoms with Crippen LogP contribution in [0.15, 0.2) is 24.3 Å². The van der Waals surface area contributed by atoms with E-state index in [1.807, 2.05) is 0 Å². The van der Waals surface area contributed by atoms with Gasteiger partial charge in [-0.05, 0) is 37.9 Å². The van der Waals surface area contributed by atoms with Crippen LogP contribution in [0.2, 0.25) is 5.02 Å². The third kappa shape index (κ3) is 4.00. The highest BCUT2D eigenvalue weighted by atomic mass is 35.5. The number of carboxylic acid groups (broad SMARTS) is 1. The first kappa shape index (κ1) is 19.4. The summed E-state index contributed by atoms with van der Waals surface area (Å²) in [4.78, 5) is 35.7. The second kappa shape index (κ2) is 7.95. The molecule has 4 N–H and O–H groups in total. The SMILES string of the molecule is CN[C@]1(c2ccccc2Cl)CCC[C@H](OC(=O)[C@@H](N)CC(=O)O)C1=O. The van der Waals surface area contributed by atoms with Gasteiger partial charge in [-0.15, -0.1) is 0 Å². The molecule has 0 saturated heterocycles. The largest absolute Gasteiger partial charge is 0.481 e. The Balaban J connectivity index is 2.23. The lowest BCUT2D eigenvalue weighted by Crippen LogP contribution is -2.56. The number of ether oxygens (including phenoxy) is 1. The Morgan fingerprint density at radius 2 is 2.16 bits per heavy atom. The molecule has 0 spiro atoms. The number of esters is 1. The van der Waals surface area contributed by atoms with Crippen molar-refractivity contribution >= 4 is 29.3 Å². The van der Waals surface area contributed by atoms with Crippen molar-refractivity contribution in [2.45, 2.75) is 43.4 Å². The highest BCUT2D eigenvalue weighted by Gasteiger charge is 2.47. The number of benzene rings is 1. The molecule has 0 heterocycles. The lowest BCUT2D eigenvalue weighted by molar-refractivity contribution is -0.162. The van der Waals surface area contributed by atoms with Crippen molar-refractivity contribution in [1.29, 1.82) is 0 Å². The van der Waals surface area contributed by atoms with Crippen LogP contribution in [0.1, 0.15) is 31.2 Å². The summed E-state index contributed by atoms with van der Waals surface area (Å²) >= 11 is 6.27. The molecule has 1 aliphatic carbocycles. The van der Waals surface area contributed by atoms with Gasteiger partial charge in [0.25, 0.3) is 0 Å². The minimum atomic E-state index is -1.31. The van der Waals surface area contributed by atoms with Gasteiger partial charge in [-0.3, -0.25) is 14.4 Å². The lowest BCUT2D eigenvalue weighted by atomic mass is 9.74. The Bertz CT molecular complexity index is 681. The van der Waals surface area contributed by atoms with Gasteiger partial charge in [-0.1, -0.05) is 29.8 Å². The smallest absolute Gasteiger partial charge is 0.324 e. The van der Waals surface area contributed by atoms with Gasteiger partial charge < -0.3 is 20.9 Å². The topological polar surface area (TPSA) is 119 Å². The maximum atomic E-state index is 13.1. The molecule has 1 fully saturated rings. The van der Waals surface area contributed by atoms with Crippen LogP contribution in [0, 0.1) is 0 Å². The molecule has 25 heavy (non-hydrogen) atoms. The van der Waals surface area contributed by atoms with Crippen LogP contribution in [-0.2, 0) is 24.7 Å². The van der Waals surface area contributed by atoms with Crippen molar-refractivity contribution in [3.05, 3.63) is 34.9 Å². The zero-order chi connectivity index (χ0) is 18.6. The van der Waals surface area contributed by atoms with Gasteiger partial charge in [0.05, 0.1) is 6.42 Å². The van der Waals surface area contributed by atoms with Gasteiger partial charge in [0.2, 0.25) is 0 Å². The van der Waals surface area contributed by atoms with Crippen LogP contribution in [0.3, 0.4) is 0 Å². The zero-order valence-electron chi connectivity index (χ0n) is 13.8. The highest BCUT2D eigenvalue weighted by Crippen LogP contribution is 2.38.